The first-order chi connectivity index (χ1) is 6.50. The average Bonchev–Trinajstić information content (AvgIpc) is 2.19. The summed E-state index contributed by atoms with van der Waals surface area (Å²) in [6.45, 7) is 5.59. The highest BCUT2D eigenvalue weighted by atomic mass is 35.5. The molecule has 78 valence electrons. The third-order valence-electron chi connectivity index (χ3n) is 2.68. The molecule has 1 rings (SSSR count). The molecule has 0 atom stereocenters. The van der Waals surface area contributed by atoms with Gasteiger partial charge >= 0.3 is 0 Å². The summed E-state index contributed by atoms with van der Waals surface area (Å²) in [7, 11) is 0. The van der Waals surface area contributed by atoms with Gasteiger partial charge in [-0.1, -0.05) is 11.6 Å². The summed E-state index contributed by atoms with van der Waals surface area (Å²) in [6, 6.07) is 0. The molecule has 0 aromatic heterocycles. The van der Waals surface area contributed by atoms with Crippen molar-refractivity contribution in [2.75, 3.05) is 6.61 Å². The van der Waals surface area contributed by atoms with E-state index in [4.69, 9.17) is 16.7 Å². The van der Waals surface area contributed by atoms with E-state index in [1.807, 2.05) is 20.8 Å². The topological polar surface area (TPSA) is 40.5 Å². The van der Waals surface area contributed by atoms with Crippen molar-refractivity contribution in [1.29, 1.82) is 0 Å². The van der Waals surface area contributed by atoms with Crippen LogP contribution in [0, 0.1) is 20.8 Å². The van der Waals surface area contributed by atoms with Crippen LogP contribution in [0.2, 0.25) is 5.02 Å². The maximum atomic E-state index is 9.85. The molecular weight excluding hydrogens is 200 g/mol. The smallest absolute Gasteiger partial charge is 0.122 e. The number of hydrogen-bond acceptors (Lipinski definition) is 2. The van der Waals surface area contributed by atoms with Crippen LogP contribution >= 0.6 is 11.6 Å². The van der Waals surface area contributed by atoms with Gasteiger partial charge in [-0.3, -0.25) is 0 Å². The number of rotatable bonds is 2. The quantitative estimate of drug-likeness (QED) is 0.794. The summed E-state index contributed by atoms with van der Waals surface area (Å²) in [5, 5.41) is 19.4. The van der Waals surface area contributed by atoms with Gasteiger partial charge in [0.1, 0.15) is 5.75 Å². The first-order valence-corrected chi connectivity index (χ1v) is 4.96. The second-order valence-corrected chi connectivity index (χ2v) is 3.87. The van der Waals surface area contributed by atoms with E-state index in [-0.39, 0.29) is 12.4 Å². The Morgan fingerprint density at radius 1 is 1.07 bits per heavy atom. The first-order valence-electron chi connectivity index (χ1n) is 4.58. The molecule has 0 aliphatic rings. The molecule has 1 aromatic carbocycles. The molecule has 0 radical (unpaired) electrons. The van der Waals surface area contributed by atoms with Crippen molar-refractivity contribution < 1.29 is 10.2 Å². The number of halogens is 1. The van der Waals surface area contributed by atoms with Gasteiger partial charge in [-0.2, -0.15) is 0 Å². The number of aliphatic hydroxyl groups is 1. The number of phenolic OH excluding ortho intramolecular Hbond substituents is 1. The monoisotopic (exact) mass is 214 g/mol. The van der Waals surface area contributed by atoms with Crippen LogP contribution in [0.1, 0.15) is 22.3 Å². The molecular formula is C11H15ClO2. The van der Waals surface area contributed by atoms with Gasteiger partial charge in [-0.25, -0.2) is 0 Å². The minimum atomic E-state index is 0.0211. The van der Waals surface area contributed by atoms with Gasteiger partial charge in [0.05, 0.1) is 0 Å². The van der Waals surface area contributed by atoms with Crippen LogP contribution in [0.4, 0.5) is 0 Å². The Bertz CT molecular complexity index is 330. The largest absolute Gasteiger partial charge is 0.507 e. The second-order valence-electron chi connectivity index (χ2n) is 3.49. The minimum Gasteiger partial charge on any atom is -0.507 e. The summed E-state index contributed by atoms with van der Waals surface area (Å²) < 4.78 is 0. The number of phenols is 1. The lowest BCUT2D eigenvalue weighted by atomic mass is 9.97. The van der Waals surface area contributed by atoms with Crippen LogP contribution in [0.5, 0.6) is 5.75 Å². The molecule has 0 aliphatic heterocycles. The summed E-state index contributed by atoms with van der Waals surface area (Å²) in [5.41, 5.74) is 3.31. The van der Waals surface area contributed by atoms with Crippen LogP contribution < -0.4 is 0 Å². The highest BCUT2D eigenvalue weighted by Gasteiger charge is 2.14. The molecule has 14 heavy (non-hydrogen) atoms. The predicted octanol–water partition coefficient (Wildman–Crippen LogP) is 2.51. The molecule has 0 fully saturated rings. The van der Waals surface area contributed by atoms with Gasteiger partial charge < -0.3 is 10.2 Å². The number of aliphatic hydroxyl groups excluding tert-OH is 1. The Morgan fingerprint density at radius 2 is 1.64 bits per heavy atom. The molecule has 0 heterocycles. The maximum absolute atomic E-state index is 9.85. The van der Waals surface area contributed by atoms with Crippen LogP contribution in [-0.4, -0.2) is 16.8 Å². The van der Waals surface area contributed by atoms with E-state index in [1.54, 1.807) is 0 Å². The fourth-order valence-electron chi connectivity index (χ4n) is 1.58. The Kier molecular flexibility index (Phi) is 3.40. The highest BCUT2D eigenvalue weighted by Crippen LogP contribution is 2.35. The molecule has 3 heteroatoms. The van der Waals surface area contributed by atoms with Crippen LogP contribution in [0.3, 0.4) is 0 Å². The van der Waals surface area contributed by atoms with Crippen molar-refractivity contribution in [1.82, 2.24) is 0 Å². The van der Waals surface area contributed by atoms with E-state index in [1.165, 1.54) is 0 Å². The summed E-state index contributed by atoms with van der Waals surface area (Å²) in [6.07, 6.45) is 0.443. The lowest BCUT2D eigenvalue weighted by Gasteiger charge is -2.14. The van der Waals surface area contributed by atoms with Crippen LogP contribution in [0.25, 0.3) is 0 Å². The summed E-state index contributed by atoms with van der Waals surface area (Å²) >= 11 is 6.10. The first kappa shape index (κ1) is 11.3. The zero-order valence-electron chi connectivity index (χ0n) is 8.69. The van der Waals surface area contributed by atoms with E-state index in [0.717, 1.165) is 22.3 Å². The third kappa shape index (κ3) is 1.72. The van der Waals surface area contributed by atoms with Gasteiger partial charge in [0, 0.05) is 17.2 Å². The predicted molar refractivity (Wildman–Crippen MR) is 58.1 cm³/mol. The van der Waals surface area contributed by atoms with Crippen molar-refractivity contribution in [3.05, 3.63) is 27.3 Å². The van der Waals surface area contributed by atoms with E-state index >= 15 is 0 Å². The van der Waals surface area contributed by atoms with Crippen molar-refractivity contribution in [3.63, 3.8) is 0 Å². The second kappa shape index (κ2) is 4.20. The fraction of sp³-hybridized carbons (Fsp3) is 0.455. The van der Waals surface area contributed by atoms with E-state index in [9.17, 15) is 5.11 Å². The van der Waals surface area contributed by atoms with Gasteiger partial charge in [-0.15, -0.1) is 0 Å². The number of benzene rings is 1. The molecule has 0 saturated carbocycles. The number of aromatic hydroxyl groups is 1. The van der Waals surface area contributed by atoms with Crippen molar-refractivity contribution in [3.8, 4) is 5.75 Å². The van der Waals surface area contributed by atoms with Crippen molar-refractivity contribution >= 4 is 11.6 Å². The van der Waals surface area contributed by atoms with Gasteiger partial charge in [-0.05, 0) is 43.9 Å². The maximum Gasteiger partial charge on any atom is 0.122 e. The molecule has 0 spiro atoms. The van der Waals surface area contributed by atoms with Crippen molar-refractivity contribution in [2.45, 2.75) is 27.2 Å². The highest BCUT2D eigenvalue weighted by molar-refractivity contribution is 6.32. The van der Waals surface area contributed by atoms with Gasteiger partial charge in [0.25, 0.3) is 0 Å². The molecule has 2 N–H and O–H groups in total. The van der Waals surface area contributed by atoms with E-state index < -0.39 is 0 Å². The average molecular weight is 215 g/mol. The van der Waals surface area contributed by atoms with E-state index in [0.29, 0.717) is 11.4 Å². The molecule has 0 bridgehead atoms. The Labute approximate surface area is 89.1 Å². The summed E-state index contributed by atoms with van der Waals surface area (Å²) in [5.74, 6) is 0.262. The number of hydrogen-bond donors (Lipinski definition) is 2. The lowest BCUT2D eigenvalue weighted by molar-refractivity contribution is 0.297. The standard InChI is InChI=1S/C11H15ClO2/c1-6-7(2)11(14)9(4-5-13)8(3)10(6)12/h13-14H,4-5H2,1-3H3. The molecule has 0 aliphatic carbocycles. The van der Waals surface area contributed by atoms with Crippen LogP contribution in [-0.2, 0) is 6.42 Å². The SMILES string of the molecule is Cc1c(C)c(Cl)c(C)c(CCO)c1O. The van der Waals surface area contributed by atoms with Crippen molar-refractivity contribution in [2.24, 2.45) is 0 Å². The normalized spacial score (nSPS) is 10.6. The molecule has 2 nitrogen and oxygen atoms in total. The minimum absolute atomic E-state index is 0.0211. The van der Waals surface area contributed by atoms with Gasteiger partial charge in [0.15, 0.2) is 0 Å². The Hall–Kier alpha value is -0.730. The lowest BCUT2D eigenvalue weighted by Crippen LogP contribution is -1.99. The molecule has 0 amide bonds. The van der Waals surface area contributed by atoms with Crippen LogP contribution in [0.15, 0.2) is 0 Å². The molecule has 0 saturated heterocycles. The third-order valence-corrected chi connectivity index (χ3v) is 3.24. The Balaban J connectivity index is 3.43. The Morgan fingerprint density at radius 3 is 2.14 bits per heavy atom. The fourth-order valence-corrected chi connectivity index (χ4v) is 1.83. The van der Waals surface area contributed by atoms with E-state index in [2.05, 4.69) is 0 Å². The molecule has 1 aromatic rings. The summed E-state index contributed by atoms with van der Waals surface area (Å²) in [4.78, 5) is 0. The zero-order valence-corrected chi connectivity index (χ0v) is 9.44. The zero-order chi connectivity index (χ0) is 10.9. The molecule has 0 unspecified atom stereocenters. The van der Waals surface area contributed by atoms with Gasteiger partial charge in [0.2, 0.25) is 0 Å².